The molecule has 164 valence electrons. The Balaban J connectivity index is 1.26. The minimum absolute atomic E-state index is 0.0367. The first-order chi connectivity index (χ1) is 14.8. The summed E-state index contributed by atoms with van der Waals surface area (Å²) in [5.74, 6) is -0.338. The van der Waals surface area contributed by atoms with Crippen LogP contribution in [0.1, 0.15) is 51.6 Å². The van der Waals surface area contributed by atoms with Crippen LogP contribution in [-0.4, -0.2) is 57.8 Å². The molecule has 1 aliphatic heterocycles. The van der Waals surface area contributed by atoms with E-state index in [9.17, 15) is 23.5 Å². The first-order valence-electron chi connectivity index (χ1n) is 10.6. The van der Waals surface area contributed by atoms with Crippen molar-refractivity contribution in [2.75, 3.05) is 31.1 Å². The number of carboxylic acid groups (broad SMARTS) is 1. The Morgan fingerprint density at radius 1 is 1.23 bits per heavy atom. The van der Waals surface area contributed by atoms with Gasteiger partial charge in [0.25, 0.3) is 6.43 Å². The number of rotatable bonds is 5. The zero-order chi connectivity index (χ0) is 21.9. The number of halogens is 2. The Morgan fingerprint density at radius 3 is 2.65 bits per heavy atom. The number of carboxylic acids is 1. The number of carbonyl (C=O) groups excluding carboxylic acids is 1. The zero-order valence-corrected chi connectivity index (χ0v) is 17.2. The van der Waals surface area contributed by atoms with Crippen molar-refractivity contribution < 1.29 is 23.5 Å². The number of amides is 1. The first-order valence-corrected chi connectivity index (χ1v) is 10.6. The summed E-state index contributed by atoms with van der Waals surface area (Å²) in [4.78, 5) is 28.2. The summed E-state index contributed by atoms with van der Waals surface area (Å²) in [6.07, 6.45) is -0.706. The number of piperazine rings is 1. The molecular formula is C22H24F2N4O3. The lowest BCUT2D eigenvalue weighted by Crippen LogP contribution is -2.50. The fourth-order valence-electron chi connectivity index (χ4n) is 5.12. The maximum atomic E-state index is 13.2. The van der Waals surface area contributed by atoms with Crippen molar-refractivity contribution in [3.8, 4) is 0 Å². The molecule has 0 spiro atoms. The molecule has 1 saturated heterocycles. The Bertz CT molecular complexity index is 1060. The number of carbonyl (C=O) groups is 2. The van der Waals surface area contributed by atoms with Crippen LogP contribution < -0.4 is 4.90 Å². The maximum Gasteiger partial charge on any atom is 0.356 e. The van der Waals surface area contributed by atoms with Crippen LogP contribution in [0.15, 0.2) is 18.2 Å². The van der Waals surface area contributed by atoms with Gasteiger partial charge in [-0.15, -0.1) is 0 Å². The lowest BCUT2D eigenvalue weighted by atomic mass is 10.1. The largest absolute Gasteiger partial charge is 0.476 e. The number of aromatic carboxylic acids is 1. The predicted octanol–water partition coefficient (Wildman–Crippen LogP) is 2.84. The van der Waals surface area contributed by atoms with E-state index in [1.54, 1.807) is 22.6 Å². The molecule has 2 aliphatic carbocycles. The second-order valence-corrected chi connectivity index (χ2v) is 8.64. The van der Waals surface area contributed by atoms with Crippen LogP contribution in [0.5, 0.6) is 0 Å². The van der Waals surface area contributed by atoms with E-state index in [1.165, 1.54) is 6.07 Å². The summed E-state index contributed by atoms with van der Waals surface area (Å²) in [5, 5.41) is 13.7. The molecule has 2 atom stereocenters. The number of anilines is 1. The van der Waals surface area contributed by atoms with Crippen LogP contribution in [-0.2, 0) is 17.8 Å². The maximum absolute atomic E-state index is 13.2. The van der Waals surface area contributed by atoms with Gasteiger partial charge in [-0.25, -0.2) is 13.6 Å². The van der Waals surface area contributed by atoms with Gasteiger partial charge in [0.2, 0.25) is 5.91 Å². The highest BCUT2D eigenvalue weighted by atomic mass is 19.3. The van der Waals surface area contributed by atoms with Crippen LogP contribution in [0.25, 0.3) is 0 Å². The SMILES string of the molecule is Cc1c(C(F)F)cccc1N1CCN(C(=O)Cn2nc(C(=O)O)c3c2CC2CC32)CC1. The minimum atomic E-state index is -2.51. The third kappa shape index (κ3) is 3.36. The van der Waals surface area contributed by atoms with Gasteiger partial charge in [-0.3, -0.25) is 9.48 Å². The first kappa shape index (κ1) is 20.0. The molecule has 2 heterocycles. The summed E-state index contributed by atoms with van der Waals surface area (Å²) in [6.45, 7) is 3.82. The third-order valence-corrected chi connectivity index (χ3v) is 6.89. The van der Waals surface area contributed by atoms with E-state index in [-0.39, 0.29) is 23.7 Å². The van der Waals surface area contributed by atoms with E-state index in [1.807, 2.05) is 11.0 Å². The normalized spacial score (nSPS) is 21.9. The van der Waals surface area contributed by atoms with Crippen molar-refractivity contribution in [2.45, 2.75) is 38.7 Å². The van der Waals surface area contributed by atoms with E-state index in [2.05, 4.69) is 5.10 Å². The molecule has 7 nitrogen and oxygen atoms in total. The van der Waals surface area contributed by atoms with E-state index in [4.69, 9.17) is 0 Å². The van der Waals surface area contributed by atoms with Gasteiger partial charge >= 0.3 is 5.97 Å². The molecule has 5 rings (SSSR count). The summed E-state index contributed by atoms with van der Waals surface area (Å²) < 4.78 is 28.0. The molecular weight excluding hydrogens is 406 g/mol. The Labute approximate surface area is 178 Å². The standard InChI is InChI=1S/C22H24F2N4O3/c1-12-14(21(23)24)3-2-4-16(12)26-5-7-27(8-6-26)18(29)11-28-17-10-13-9-15(13)19(17)20(25-28)22(30)31/h2-4,13,15,21H,5-11H2,1H3,(H,30,31). The van der Waals surface area contributed by atoms with Gasteiger partial charge < -0.3 is 14.9 Å². The van der Waals surface area contributed by atoms with Crippen molar-refractivity contribution in [2.24, 2.45) is 5.92 Å². The minimum Gasteiger partial charge on any atom is -0.476 e. The van der Waals surface area contributed by atoms with Crippen molar-refractivity contribution in [3.05, 3.63) is 46.3 Å². The van der Waals surface area contributed by atoms with E-state index >= 15 is 0 Å². The molecule has 1 aromatic heterocycles. The number of hydrogen-bond donors (Lipinski definition) is 1. The van der Waals surface area contributed by atoms with Crippen LogP contribution in [0.2, 0.25) is 0 Å². The Hall–Kier alpha value is -2.97. The van der Waals surface area contributed by atoms with Crippen LogP contribution in [0.3, 0.4) is 0 Å². The number of benzene rings is 1. The van der Waals surface area contributed by atoms with Gasteiger partial charge in [-0.05, 0) is 43.2 Å². The molecule has 1 aromatic carbocycles. The van der Waals surface area contributed by atoms with Crippen molar-refractivity contribution in [3.63, 3.8) is 0 Å². The van der Waals surface area contributed by atoms with Crippen molar-refractivity contribution in [1.29, 1.82) is 0 Å². The van der Waals surface area contributed by atoms with E-state index in [0.29, 0.717) is 43.6 Å². The monoisotopic (exact) mass is 430 g/mol. The topological polar surface area (TPSA) is 78.7 Å². The average molecular weight is 430 g/mol. The summed E-state index contributed by atoms with van der Waals surface area (Å²) >= 11 is 0. The molecule has 1 saturated carbocycles. The van der Waals surface area contributed by atoms with Crippen molar-refractivity contribution in [1.82, 2.24) is 14.7 Å². The van der Waals surface area contributed by atoms with Gasteiger partial charge in [-0.2, -0.15) is 5.10 Å². The highest BCUT2D eigenvalue weighted by Crippen LogP contribution is 2.57. The average Bonchev–Trinajstić information content (AvgIpc) is 3.26. The third-order valence-electron chi connectivity index (χ3n) is 6.89. The summed E-state index contributed by atoms with van der Waals surface area (Å²) in [5.41, 5.74) is 3.20. The number of nitrogens with zero attached hydrogens (tertiary/aromatic N) is 4. The highest BCUT2D eigenvalue weighted by Gasteiger charge is 2.50. The quantitative estimate of drug-likeness (QED) is 0.789. The smallest absolute Gasteiger partial charge is 0.356 e. The molecule has 2 aromatic rings. The molecule has 0 bridgehead atoms. The highest BCUT2D eigenvalue weighted by molar-refractivity contribution is 5.88. The molecule has 9 heteroatoms. The molecule has 2 fully saturated rings. The number of fused-ring (bicyclic) bond motifs is 3. The molecule has 1 N–H and O–H groups in total. The second-order valence-electron chi connectivity index (χ2n) is 8.64. The lowest BCUT2D eigenvalue weighted by Gasteiger charge is -2.37. The predicted molar refractivity (Wildman–Crippen MR) is 109 cm³/mol. The molecule has 0 radical (unpaired) electrons. The molecule has 3 aliphatic rings. The molecule has 2 unspecified atom stereocenters. The lowest BCUT2D eigenvalue weighted by molar-refractivity contribution is -0.132. The number of alkyl halides is 2. The van der Waals surface area contributed by atoms with E-state index in [0.717, 1.165) is 29.8 Å². The van der Waals surface area contributed by atoms with Crippen molar-refractivity contribution >= 4 is 17.6 Å². The fraction of sp³-hybridized carbons (Fsp3) is 0.500. The van der Waals surface area contributed by atoms with Crippen LogP contribution in [0.4, 0.5) is 14.5 Å². The Kier molecular flexibility index (Phi) is 4.71. The summed E-state index contributed by atoms with van der Waals surface area (Å²) in [7, 11) is 0. The number of hydrogen-bond acceptors (Lipinski definition) is 4. The fourth-order valence-corrected chi connectivity index (χ4v) is 5.12. The van der Waals surface area contributed by atoms with Gasteiger partial charge in [0, 0.05) is 48.7 Å². The van der Waals surface area contributed by atoms with Gasteiger partial charge in [-0.1, -0.05) is 12.1 Å². The molecule has 1 amide bonds. The summed E-state index contributed by atoms with van der Waals surface area (Å²) in [6, 6.07) is 4.93. The van der Waals surface area contributed by atoms with Crippen LogP contribution in [0, 0.1) is 12.8 Å². The molecule has 31 heavy (non-hydrogen) atoms. The Morgan fingerprint density at radius 2 is 1.97 bits per heavy atom. The van der Waals surface area contributed by atoms with Gasteiger partial charge in [0.1, 0.15) is 6.54 Å². The zero-order valence-electron chi connectivity index (χ0n) is 17.2. The van der Waals surface area contributed by atoms with Crippen LogP contribution >= 0.6 is 0 Å². The second kappa shape index (κ2) is 7.32. The van der Waals surface area contributed by atoms with Gasteiger partial charge in [0.15, 0.2) is 5.69 Å². The number of aromatic nitrogens is 2. The van der Waals surface area contributed by atoms with Gasteiger partial charge in [0.05, 0.1) is 0 Å². The van der Waals surface area contributed by atoms with E-state index < -0.39 is 12.4 Å².